The van der Waals surface area contributed by atoms with Gasteiger partial charge in [-0.3, -0.25) is 4.79 Å². The number of aromatic nitrogens is 2. The number of carbonyl (C=O) groups excluding carboxylic acids is 1. The van der Waals surface area contributed by atoms with Crippen molar-refractivity contribution < 1.29 is 14.3 Å². The number of nitrogens with zero attached hydrogens (tertiary/aromatic N) is 2. The van der Waals surface area contributed by atoms with Crippen molar-refractivity contribution in [2.24, 2.45) is 5.10 Å². The molecule has 0 saturated heterocycles. The Morgan fingerprint density at radius 3 is 2.62 bits per heavy atom. The zero-order chi connectivity index (χ0) is 20.8. The summed E-state index contributed by atoms with van der Waals surface area (Å²) >= 11 is 3.39. The second kappa shape index (κ2) is 9.16. The summed E-state index contributed by atoms with van der Waals surface area (Å²) in [4.78, 5) is 30.5. The number of hydrazone groups is 1. The molecule has 0 atom stereocenters. The highest BCUT2D eigenvalue weighted by molar-refractivity contribution is 9.10. The molecule has 0 bridgehead atoms. The van der Waals surface area contributed by atoms with E-state index in [-0.39, 0.29) is 5.69 Å². The van der Waals surface area contributed by atoms with E-state index in [2.05, 4.69) is 36.4 Å². The van der Waals surface area contributed by atoms with Crippen LogP contribution in [-0.4, -0.2) is 36.3 Å². The minimum absolute atomic E-state index is 0.0505. The lowest BCUT2D eigenvalue weighted by Crippen LogP contribution is -2.24. The first-order valence-corrected chi connectivity index (χ1v) is 9.23. The third-order valence-electron chi connectivity index (χ3n) is 3.89. The molecule has 0 aliphatic heterocycles. The maximum Gasteiger partial charge on any atom is 0.346 e. The van der Waals surface area contributed by atoms with E-state index in [1.807, 2.05) is 18.2 Å². The fourth-order valence-corrected chi connectivity index (χ4v) is 3.20. The molecule has 2 aromatic carbocycles. The van der Waals surface area contributed by atoms with Gasteiger partial charge < -0.3 is 14.5 Å². The van der Waals surface area contributed by atoms with Gasteiger partial charge in [-0.2, -0.15) is 10.1 Å². The fourth-order valence-electron chi connectivity index (χ4n) is 2.57. The second-order valence-electron chi connectivity index (χ2n) is 5.79. The average Bonchev–Trinajstić information content (AvgIpc) is 2.73. The van der Waals surface area contributed by atoms with Crippen molar-refractivity contribution in [2.45, 2.75) is 0 Å². The molecule has 3 aromatic rings. The van der Waals surface area contributed by atoms with Crippen molar-refractivity contribution in [3.05, 3.63) is 74.7 Å². The molecule has 0 spiro atoms. The van der Waals surface area contributed by atoms with Crippen LogP contribution in [0.4, 0.5) is 0 Å². The Balaban J connectivity index is 1.79. The van der Waals surface area contributed by atoms with Crippen LogP contribution in [-0.2, 0) is 0 Å². The summed E-state index contributed by atoms with van der Waals surface area (Å²) in [5.41, 5.74) is 3.61. The first kappa shape index (κ1) is 20.3. The molecule has 0 radical (unpaired) electrons. The van der Waals surface area contributed by atoms with Crippen molar-refractivity contribution in [1.82, 2.24) is 15.4 Å². The van der Waals surface area contributed by atoms with Gasteiger partial charge in [0.05, 0.1) is 30.6 Å². The Hall–Kier alpha value is -3.46. The van der Waals surface area contributed by atoms with Gasteiger partial charge in [-0.25, -0.2) is 10.2 Å². The van der Waals surface area contributed by atoms with Crippen molar-refractivity contribution >= 4 is 28.1 Å². The number of aromatic amines is 1. The topological polar surface area (TPSA) is 106 Å². The highest BCUT2D eigenvalue weighted by atomic mass is 79.9. The van der Waals surface area contributed by atoms with Crippen LogP contribution in [0.25, 0.3) is 11.3 Å². The maximum atomic E-state index is 12.4. The summed E-state index contributed by atoms with van der Waals surface area (Å²) < 4.78 is 11.2. The van der Waals surface area contributed by atoms with E-state index in [0.29, 0.717) is 27.2 Å². The predicted octanol–water partition coefficient (Wildman–Crippen LogP) is 2.98. The molecule has 0 aliphatic rings. The Kier molecular flexibility index (Phi) is 6.40. The van der Waals surface area contributed by atoms with Gasteiger partial charge in [-0.05, 0) is 39.7 Å². The molecule has 0 aliphatic carbocycles. The minimum atomic E-state index is -0.621. The van der Waals surface area contributed by atoms with Crippen LogP contribution < -0.4 is 20.6 Å². The Morgan fingerprint density at radius 1 is 1.17 bits per heavy atom. The second-order valence-corrected chi connectivity index (χ2v) is 6.64. The van der Waals surface area contributed by atoms with Crippen LogP contribution >= 0.6 is 15.9 Å². The highest BCUT2D eigenvalue weighted by Gasteiger charge is 2.11. The molecular formula is C20H17BrN4O4. The van der Waals surface area contributed by atoms with Crippen LogP contribution in [0.3, 0.4) is 0 Å². The summed E-state index contributed by atoms with van der Waals surface area (Å²) in [7, 11) is 3.06. The number of hydrogen-bond donors (Lipinski definition) is 2. The number of H-pyrrole nitrogens is 1. The molecule has 0 fully saturated rings. The van der Waals surface area contributed by atoms with Crippen LogP contribution in [0.15, 0.2) is 62.9 Å². The lowest BCUT2D eigenvalue weighted by Gasteiger charge is -2.10. The minimum Gasteiger partial charge on any atom is -0.493 e. The molecular weight excluding hydrogens is 440 g/mol. The zero-order valence-corrected chi connectivity index (χ0v) is 17.2. The number of benzene rings is 2. The number of halogens is 1. The largest absolute Gasteiger partial charge is 0.493 e. The highest BCUT2D eigenvalue weighted by Crippen LogP contribution is 2.35. The molecule has 2 N–H and O–H groups in total. The molecule has 0 unspecified atom stereocenters. The molecule has 148 valence electrons. The van der Waals surface area contributed by atoms with Gasteiger partial charge >= 0.3 is 5.69 Å². The molecule has 1 aromatic heterocycles. The number of rotatable bonds is 6. The lowest BCUT2D eigenvalue weighted by atomic mass is 10.1. The summed E-state index contributed by atoms with van der Waals surface area (Å²) in [6.07, 6.45) is 1.45. The van der Waals surface area contributed by atoms with Crippen molar-refractivity contribution in [3.8, 4) is 22.8 Å². The fraction of sp³-hybridized carbons (Fsp3) is 0.100. The third-order valence-corrected chi connectivity index (χ3v) is 4.48. The number of methoxy groups -OCH3 is 2. The first-order chi connectivity index (χ1) is 14.0. The van der Waals surface area contributed by atoms with Crippen LogP contribution in [0.5, 0.6) is 11.5 Å². The number of amides is 1. The van der Waals surface area contributed by atoms with Gasteiger partial charge in [-0.1, -0.05) is 30.3 Å². The number of carbonyl (C=O) groups is 1. The van der Waals surface area contributed by atoms with Gasteiger partial charge in [0.1, 0.15) is 5.69 Å². The SMILES string of the molecule is COc1cc(/C=N/NC(=O)c2cc(-c3ccccc3)nc(=O)[nH]2)cc(Br)c1OC. The molecule has 1 heterocycles. The van der Waals surface area contributed by atoms with Gasteiger partial charge in [0, 0.05) is 5.56 Å². The molecule has 8 nitrogen and oxygen atoms in total. The van der Waals surface area contributed by atoms with E-state index in [9.17, 15) is 9.59 Å². The van der Waals surface area contributed by atoms with Crippen molar-refractivity contribution in [3.63, 3.8) is 0 Å². The molecule has 9 heteroatoms. The average molecular weight is 457 g/mol. The zero-order valence-electron chi connectivity index (χ0n) is 15.6. The number of ether oxygens (including phenoxy) is 2. The van der Waals surface area contributed by atoms with Crippen molar-refractivity contribution in [2.75, 3.05) is 14.2 Å². The number of hydrogen-bond acceptors (Lipinski definition) is 6. The van der Waals surface area contributed by atoms with Crippen LogP contribution in [0.1, 0.15) is 16.1 Å². The summed E-state index contributed by atoms with van der Waals surface area (Å²) in [5.74, 6) is 0.495. The normalized spacial score (nSPS) is 10.7. The Labute approximate surface area is 174 Å². The van der Waals surface area contributed by atoms with Crippen LogP contribution in [0, 0.1) is 0 Å². The Morgan fingerprint density at radius 2 is 1.93 bits per heavy atom. The van der Waals surface area contributed by atoms with Gasteiger partial charge in [0.25, 0.3) is 5.91 Å². The van der Waals surface area contributed by atoms with E-state index < -0.39 is 11.6 Å². The Bertz CT molecular complexity index is 1110. The maximum absolute atomic E-state index is 12.4. The van der Waals surface area contributed by atoms with E-state index in [1.165, 1.54) is 26.5 Å². The van der Waals surface area contributed by atoms with Crippen LogP contribution in [0.2, 0.25) is 0 Å². The smallest absolute Gasteiger partial charge is 0.346 e. The quantitative estimate of drug-likeness (QED) is 0.438. The molecule has 0 saturated carbocycles. The van der Waals surface area contributed by atoms with E-state index >= 15 is 0 Å². The number of nitrogens with one attached hydrogen (secondary N) is 2. The first-order valence-electron chi connectivity index (χ1n) is 8.43. The molecule has 3 rings (SSSR count). The third kappa shape index (κ3) is 4.88. The molecule has 29 heavy (non-hydrogen) atoms. The van der Waals surface area contributed by atoms with E-state index in [4.69, 9.17) is 9.47 Å². The van der Waals surface area contributed by atoms with Gasteiger partial charge in [-0.15, -0.1) is 0 Å². The monoisotopic (exact) mass is 456 g/mol. The van der Waals surface area contributed by atoms with Gasteiger partial charge in [0.2, 0.25) is 0 Å². The lowest BCUT2D eigenvalue weighted by molar-refractivity contribution is 0.0949. The summed E-state index contributed by atoms with van der Waals surface area (Å²) in [6.45, 7) is 0. The summed E-state index contributed by atoms with van der Waals surface area (Å²) in [5, 5.41) is 3.94. The molecule has 1 amide bonds. The van der Waals surface area contributed by atoms with Crippen molar-refractivity contribution in [1.29, 1.82) is 0 Å². The van der Waals surface area contributed by atoms with Gasteiger partial charge in [0.15, 0.2) is 11.5 Å². The predicted molar refractivity (Wildman–Crippen MR) is 113 cm³/mol. The standard InChI is InChI=1S/C20H17BrN4O4/c1-28-17-9-12(8-14(21)18(17)29-2)11-22-25-19(26)16-10-15(23-20(27)24-16)13-6-4-3-5-7-13/h3-11H,1-2H3,(H,25,26)(H,23,24,27)/b22-11+. The van der Waals surface area contributed by atoms with E-state index in [0.717, 1.165) is 5.56 Å². The van der Waals surface area contributed by atoms with E-state index in [1.54, 1.807) is 24.3 Å². The summed E-state index contributed by atoms with van der Waals surface area (Å²) in [6, 6.07) is 14.1.